The summed E-state index contributed by atoms with van der Waals surface area (Å²) >= 11 is 6.09. The van der Waals surface area contributed by atoms with E-state index in [1.807, 2.05) is 4.90 Å². The smallest absolute Gasteiger partial charge is 0.255 e. The number of benzene rings is 1. The maximum absolute atomic E-state index is 12.5. The number of anilines is 1. The lowest BCUT2D eigenvalue weighted by Gasteiger charge is -2.37. The molecule has 2 N–H and O–H groups in total. The molecule has 0 aliphatic carbocycles. The van der Waals surface area contributed by atoms with Crippen molar-refractivity contribution in [2.24, 2.45) is 5.92 Å². The molecular weight excluding hydrogens is 248 g/mol. The number of carbonyl (C=O) groups excluding carboxylic acids is 1. The normalized spacial score (nSPS) is 24.1. The molecule has 98 valence electrons. The van der Waals surface area contributed by atoms with Gasteiger partial charge < -0.3 is 10.6 Å². The zero-order chi connectivity index (χ0) is 13.3. The summed E-state index contributed by atoms with van der Waals surface area (Å²) in [4.78, 5) is 14.4. The van der Waals surface area contributed by atoms with Crippen molar-refractivity contribution in [1.29, 1.82) is 0 Å². The van der Waals surface area contributed by atoms with Crippen molar-refractivity contribution in [2.75, 3.05) is 12.3 Å². The molecule has 1 aliphatic heterocycles. The van der Waals surface area contributed by atoms with Crippen molar-refractivity contribution in [3.05, 3.63) is 28.8 Å². The van der Waals surface area contributed by atoms with Gasteiger partial charge >= 0.3 is 0 Å². The van der Waals surface area contributed by atoms with Gasteiger partial charge in [0.1, 0.15) is 0 Å². The molecule has 1 saturated heterocycles. The van der Waals surface area contributed by atoms with Gasteiger partial charge in [-0.1, -0.05) is 18.5 Å². The molecule has 4 heteroatoms. The predicted molar refractivity (Wildman–Crippen MR) is 74.8 cm³/mol. The molecule has 1 amide bonds. The summed E-state index contributed by atoms with van der Waals surface area (Å²) in [7, 11) is 0. The minimum absolute atomic E-state index is 0.00801. The number of halogens is 1. The summed E-state index contributed by atoms with van der Waals surface area (Å²) in [5.41, 5.74) is 6.81. The first kappa shape index (κ1) is 13.2. The SMILES string of the molecule is CC1CCC(C)N(C(=O)c2cc(N)ccc2Cl)C1. The lowest BCUT2D eigenvalue weighted by Crippen LogP contribution is -2.45. The maximum atomic E-state index is 12.5. The van der Waals surface area contributed by atoms with Crippen molar-refractivity contribution in [2.45, 2.75) is 32.7 Å². The number of piperidine rings is 1. The largest absolute Gasteiger partial charge is 0.399 e. The number of nitrogen functional groups attached to an aromatic ring is 1. The fourth-order valence-electron chi connectivity index (χ4n) is 2.43. The van der Waals surface area contributed by atoms with E-state index in [2.05, 4.69) is 13.8 Å². The third-order valence-corrected chi connectivity index (χ3v) is 3.93. The van der Waals surface area contributed by atoms with Crippen LogP contribution in [0.4, 0.5) is 5.69 Å². The van der Waals surface area contributed by atoms with E-state index in [4.69, 9.17) is 17.3 Å². The Morgan fingerprint density at radius 1 is 1.39 bits per heavy atom. The van der Waals surface area contributed by atoms with Crippen LogP contribution in [-0.2, 0) is 0 Å². The predicted octanol–water partition coefficient (Wildman–Crippen LogP) is 3.18. The molecule has 0 spiro atoms. The fraction of sp³-hybridized carbons (Fsp3) is 0.500. The van der Waals surface area contributed by atoms with Crippen molar-refractivity contribution in [3.8, 4) is 0 Å². The van der Waals surface area contributed by atoms with Crippen LogP contribution in [0.5, 0.6) is 0 Å². The molecule has 0 aromatic heterocycles. The first-order chi connectivity index (χ1) is 8.49. The third kappa shape index (κ3) is 2.61. The van der Waals surface area contributed by atoms with Gasteiger partial charge in [0, 0.05) is 18.3 Å². The van der Waals surface area contributed by atoms with Crippen molar-refractivity contribution >= 4 is 23.2 Å². The lowest BCUT2D eigenvalue weighted by atomic mass is 9.94. The van der Waals surface area contributed by atoms with Gasteiger partial charge in [0.05, 0.1) is 10.6 Å². The van der Waals surface area contributed by atoms with Crippen LogP contribution in [0, 0.1) is 5.92 Å². The van der Waals surface area contributed by atoms with E-state index < -0.39 is 0 Å². The number of amides is 1. The Morgan fingerprint density at radius 2 is 2.11 bits per heavy atom. The Bertz CT molecular complexity index is 461. The molecule has 18 heavy (non-hydrogen) atoms. The van der Waals surface area contributed by atoms with Gasteiger partial charge in [-0.25, -0.2) is 0 Å². The van der Waals surface area contributed by atoms with Gasteiger partial charge in [-0.3, -0.25) is 4.79 Å². The molecule has 0 radical (unpaired) electrons. The number of rotatable bonds is 1. The van der Waals surface area contributed by atoms with Crippen LogP contribution in [0.3, 0.4) is 0 Å². The molecule has 3 nitrogen and oxygen atoms in total. The van der Waals surface area contributed by atoms with Crippen LogP contribution in [0.25, 0.3) is 0 Å². The van der Waals surface area contributed by atoms with Crippen LogP contribution in [0.2, 0.25) is 5.02 Å². The number of nitrogens with two attached hydrogens (primary N) is 1. The van der Waals surface area contributed by atoms with E-state index in [-0.39, 0.29) is 11.9 Å². The Labute approximate surface area is 113 Å². The highest BCUT2D eigenvalue weighted by atomic mass is 35.5. The number of nitrogens with zero attached hydrogens (tertiary/aromatic N) is 1. The second-order valence-electron chi connectivity index (χ2n) is 5.23. The molecule has 2 atom stereocenters. The monoisotopic (exact) mass is 266 g/mol. The van der Waals surface area contributed by atoms with Crippen molar-refractivity contribution < 1.29 is 4.79 Å². The van der Waals surface area contributed by atoms with E-state index >= 15 is 0 Å². The standard InChI is InChI=1S/C14H19ClN2O/c1-9-3-4-10(2)17(8-9)14(18)12-7-11(16)5-6-13(12)15/h5-7,9-10H,3-4,8,16H2,1-2H3. The highest BCUT2D eigenvalue weighted by Crippen LogP contribution is 2.26. The molecule has 0 saturated carbocycles. The topological polar surface area (TPSA) is 46.3 Å². The highest BCUT2D eigenvalue weighted by molar-refractivity contribution is 6.34. The number of hydrogen-bond acceptors (Lipinski definition) is 2. The summed E-state index contributed by atoms with van der Waals surface area (Å²) in [6.07, 6.45) is 2.22. The first-order valence-electron chi connectivity index (χ1n) is 6.35. The van der Waals surface area contributed by atoms with Crippen LogP contribution >= 0.6 is 11.6 Å². The fourth-order valence-corrected chi connectivity index (χ4v) is 2.63. The summed E-state index contributed by atoms with van der Waals surface area (Å²) in [6, 6.07) is 5.33. The van der Waals surface area contributed by atoms with Gasteiger partial charge in [0.15, 0.2) is 0 Å². The number of likely N-dealkylation sites (tertiary alicyclic amines) is 1. The van der Waals surface area contributed by atoms with Crippen LogP contribution in [0.15, 0.2) is 18.2 Å². The quantitative estimate of drug-likeness (QED) is 0.794. The van der Waals surface area contributed by atoms with Crippen LogP contribution in [0.1, 0.15) is 37.0 Å². The van der Waals surface area contributed by atoms with E-state index in [1.54, 1.807) is 18.2 Å². The molecular formula is C14H19ClN2O. The Balaban J connectivity index is 2.27. The average molecular weight is 267 g/mol. The van der Waals surface area contributed by atoms with E-state index in [0.29, 0.717) is 22.2 Å². The zero-order valence-corrected chi connectivity index (χ0v) is 11.6. The minimum atomic E-state index is -0.00801. The van der Waals surface area contributed by atoms with Gasteiger partial charge in [-0.2, -0.15) is 0 Å². The lowest BCUT2D eigenvalue weighted by molar-refractivity contribution is 0.0574. The molecule has 1 aromatic carbocycles. The average Bonchev–Trinajstić information content (AvgIpc) is 2.34. The van der Waals surface area contributed by atoms with Gasteiger partial charge in [-0.15, -0.1) is 0 Å². The van der Waals surface area contributed by atoms with Gasteiger partial charge in [0.2, 0.25) is 0 Å². The molecule has 1 heterocycles. The number of carbonyl (C=O) groups is 1. The van der Waals surface area contributed by atoms with E-state index in [9.17, 15) is 4.79 Å². The minimum Gasteiger partial charge on any atom is -0.399 e. The van der Waals surface area contributed by atoms with E-state index in [0.717, 1.165) is 13.0 Å². The van der Waals surface area contributed by atoms with Gasteiger partial charge in [-0.05, 0) is 43.9 Å². The second kappa shape index (κ2) is 5.19. The molecule has 1 aromatic rings. The molecule has 0 bridgehead atoms. The Hall–Kier alpha value is -1.22. The maximum Gasteiger partial charge on any atom is 0.255 e. The highest BCUT2D eigenvalue weighted by Gasteiger charge is 2.28. The molecule has 2 unspecified atom stereocenters. The molecule has 1 fully saturated rings. The summed E-state index contributed by atoms with van der Waals surface area (Å²) in [5.74, 6) is 0.538. The zero-order valence-electron chi connectivity index (χ0n) is 10.8. The summed E-state index contributed by atoms with van der Waals surface area (Å²) in [5, 5.41) is 0.472. The number of hydrogen-bond donors (Lipinski definition) is 1. The van der Waals surface area contributed by atoms with Crippen molar-refractivity contribution in [3.63, 3.8) is 0 Å². The van der Waals surface area contributed by atoms with E-state index in [1.165, 1.54) is 6.42 Å². The molecule has 1 aliphatic rings. The van der Waals surface area contributed by atoms with Gasteiger partial charge in [0.25, 0.3) is 5.91 Å². The van der Waals surface area contributed by atoms with Crippen LogP contribution < -0.4 is 5.73 Å². The Morgan fingerprint density at radius 3 is 2.83 bits per heavy atom. The second-order valence-corrected chi connectivity index (χ2v) is 5.64. The summed E-state index contributed by atoms with van der Waals surface area (Å²) in [6.45, 7) is 5.06. The van der Waals surface area contributed by atoms with Crippen LogP contribution in [-0.4, -0.2) is 23.4 Å². The van der Waals surface area contributed by atoms with Crippen molar-refractivity contribution in [1.82, 2.24) is 4.90 Å². The first-order valence-corrected chi connectivity index (χ1v) is 6.73. The molecule has 2 rings (SSSR count). The third-order valence-electron chi connectivity index (χ3n) is 3.60. The summed E-state index contributed by atoms with van der Waals surface area (Å²) < 4.78 is 0. The Kier molecular flexibility index (Phi) is 3.81.